The predicted molar refractivity (Wildman–Crippen MR) is 167 cm³/mol. The normalized spacial score (nSPS) is 16.0. The molecule has 0 atom stereocenters. The van der Waals surface area contributed by atoms with Gasteiger partial charge >= 0.3 is 12.4 Å². The Kier molecular flexibility index (Phi) is 9.91. The van der Waals surface area contributed by atoms with Crippen molar-refractivity contribution in [3.8, 4) is 0 Å². The monoisotopic (exact) mass is 662 g/mol. The first kappa shape index (κ1) is 33.5. The van der Waals surface area contributed by atoms with Crippen LogP contribution in [0.2, 0.25) is 0 Å². The lowest BCUT2D eigenvalue weighted by atomic mass is 9.95. The number of aromatic amines is 1. The summed E-state index contributed by atoms with van der Waals surface area (Å²) in [5.74, 6) is 1.52. The highest BCUT2D eigenvalue weighted by molar-refractivity contribution is 5.81. The maximum absolute atomic E-state index is 12.8. The van der Waals surface area contributed by atoms with Crippen LogP contribution in [0.3, 0.4) is 0 Å². The van der Waals surface area contributed by atoms with Crippen LogP contribution in [0.4, 0.5) is 49.4 Å². The van der Waals surface area contributed by atoms with Gasteiger partial charge in [0, 0.05) is 67.7 Å². The number of pyridine rings is 2. The largest absolute Gasteiger partial charge is 0.423 e. The molecule has 0 spiro atoms. The molecule has 6 rings (SSSR count). The van der Waals surface area contributed by atoms with Crippen molar-refractivity contribution in [3.05, 3.63) is 98.3 Å². The molecule has 47 heavy (non-hydrogen) atoms. The molecule has 2 fully saturated rings. The molecular weight excluding hydrogens is 630 g/mol. The number of hydrogen-bond donors (Lipinski definition) is 2. The van der Waals surface area contributed by atoms with E-state index in [1.54, 1.807) is 24.4 Å². The van der Waals surface area contributed by atoms with Gasteiger partial charge in [0.2, 0.25) is 0 Å². The van der Waals surface area contributed by atoms with E-state index in [9.17, 15) is 41.3 Å². The molecule has 0 bridgehead atoms. The standard InChI is InChI=1S/C19H17F3N4O.C13H15F3N2O2/c20-19(21,22)14-2-3-16-13(11-14)1-4-17(24-16)25-7-9-26(10-8-25)18-12-15(27)5-6-23-18;14-13(15,16)11-8-10(6-7-12(11)18(19)20)17-9-4-2-1-3-5-9/h1-6,11-12H,7-10H2,(H,23,27);6-9,17H,1-5H2. The molecule has 0 unspecified atom stereocenters. The van der Waals surface area contributed by atoms with Crippen LogP contribution in [0.5, 0.6) is 0 Å². The fourth-order valence-corrected chi connectivity index (χ4v) is 5.75. The van der Waals surface area contributed by atoms with E-state index < -0.39 is 34.1 Å². The van der Waals surface area contributed by atoms with Gasteiger partial charge in [-0.2, -0.15) is 26.3 Å². The molecule has 9 nitrogen and oxygen atoms in total. The second kappa shape index (κ2) is 13.9. The molecule has 15 heteroatoms. The number of aromatic nitrogens is 2. The number of benzene rings is 2. The summed E-state index contributed by atoms with van der Waals surface area (Å²) < 4.78 is 77.0. The van der Waals surface area contributed by atoms with Gasteiger partial charge in [-0.3, -0.25) is 14.9 Å². The lowest BCUT2D eigenvalue weighted by Crippen LogP contribution is -2.47. The Labute approximate surface area is 265 Å². The van der Waals surface area contributed by atoms with Gasteiger partial charge in [-0.25, -0.2) is 4.98 Å². The van der Waals surface area contributed by atoms with Crippen LogP contribution in [0.1, 0.15) is 43.2 Å². The number of alkyl halides is 6. The highest BCUT2D eigenvalue weighted by Gasteiger charge is 2.38. The van der Waals surface area contributed by atoms with E-state index in [0.717, 1.165) is 68.0 Å². The smallest absolute Gasteiger partial charge is 0.382 e. The summed E-state index contributed by atoms with van der Waals surface area (Å²) >= 11 is 0. The summed E-state index contributed by atoms with van der Waals surface area (Å²) in [4.78, 5) is 32.9. The molecule has 2 aromatic heterocycles. The molecule has 1 aliphatic carbocycles. The van der Waals surface area contributed by atoms with Gasteiger partial charge in [0.15, 0.2) is 5.43 Å². The summed E-state index contributed by atoms with van der Waals surface area (Å²) in [6.07, 6.45) is -2.38. The van der Waals surface area contributed by atoms with Crippen LogP contribution < -0.4 is 20.5 Å². The van der Waals surface area contributed by atoms with Gasteiger partial charge in [0.05, 0.1) is 16.0 Å². The summed E-state index contributed by atoms with van der Waals surface area (Å²) in [5, 5.41) is 14.2. The molecule has 2 aromatic carbocycles. The minimum absolute atomic E-state index is 0.0411. The van der Waals surface area contributed by atoms with E-state index in [1.807, 2.05) is 0 Å². The summed E-state index contributed by atoms with van der Waals surface area (Å²) in [7, 11) is 0. The Hall–Kier alpha value is -4.82. The molecular formula is C32H32F6N6O3. The Morgan fingerprint density at radius 2 is 1.53 bits per heavy atom. The average Bonchev–Trinajstić information content (AvgIpc) is 3.04. The molecule has 0 amide bonds. The highest BCUT2D eigenvalue weighted by Crippen LogP contribution is 2.38. The van der Waals surface area contributed by atoms with Crippen LogP contribution in [0, 0.1) is 10.1 Å². The van der Waals surface area contributed by atoms with Crippen molar-refractivity contribution in [1.29, 1.82) is 0 Å². The Morgan fingerprint density at radius 3 is 2.17 bits per heavy atom. The molecule has 2 aliphatic rings. The number of nitro groups is 1. The van der Waals surface area contributed by atoms with Gasteiger partial charge in [-0.1, -0.05) is 19.3 Å². The maximum Gasteiger partial charge on any atom is 0.423 e. The Morgan fingerprint density at radius 1 is 0.830 bits per heavy atom. The second-order valence-corrected chi connectivity index (χ2v) is 11.4. The van der Waals surface area contributed by atoms with Crippen molar-refractivity contribution >= 4 is 33.9 Å². The van der Waals surface area contributed by atoms with Crippen molar-refractivity contribution in [1.82, 2.24) is 9.97 Å². The summed E-state index contributed by atoms with van der Waals surface area (Å²) in [5.41, 5.74) is -2.00. The number of H-pyrrole nitrogens is 1. The van der Waals surface area contributed by atoms with Crippen LogP contribution in [0.15, 0.2) is 71.7 Å². The number of fused-ring (bicyclic) bond motifs is 1. The third-order valence-corrected chi connectivity index (χ3v) is 8.18. The Balaban J connectivity index is 0.000000194. The van der Waals surface area contributed by atoms with Crippen LogP contribution in [0.25, 0.3) is 10.9 Å². The maximum atomic E-state index is 12.8. The first-order chi connectivity index (χ1) is 22.3. The van der Waals surface area contributed by atoms with E-state index in [0.29, 0.717) is 37.1 Å². The second-order valence-electron chi connectivity index (χ2n) is 11.4. The van der Waals surface area contributed by atoms with E-state index in [2.05, 4.69) is 25.1 Å². The van der Waals surface area contributed by atoms with Gasteiger partial charge < -0.3 is 20.1 Å². The van der Waals surface area contributed by atoms with Crippen LogP contribution in [-0.4, -0.2) is 47.1 Å². The fraction of sp³-hybridized carbons (Fsp3) is 0.375. The number of nitro benzene ring substituents is 1. The van der Waals surface area contributed by atoms with E-state index in [1.165, 1.54) is 18.2 Å². The molecule has 4 aromatic rings. The first-order valence-electron chi connectivity index (χ1n) is 15.1. The quantitative estimate of drug-likeness (QED) is 0.129. The van der Waals surface area contributed by atoms with Gasteiger partial charge in [-0.05, 0) is 55.3 Å². The average molecular weight is 663 g/mol. The molecule has 3 heterocycles. The number of hydrogen-bond acceptors (Lipinski definition) is 7. The number of anilines is 3. The molecule has 0 radical (unpaired) electrons. The fourth-order valence-electron chi connectivity index (χ4n) is 5.75. The van der Waals surface area contributed by atoms with Crippen LogP contribution >= 0.6 is 0 Å². The van der Waals surface area contributed by atoms with Gasteiger partial charge in [0.1, 0.15) is 17.2 Å². The number of halogens is 6. The van der Waals surface area contributed by atoms with Crippen molar-refractivity contribution in [2.75, 3.05) is 41.3 Å². The lowest BCUT2D eigenvalue weighted by molar-refractivity contribution is -0.388. The minimum Gasteiger partial charge on any atom is -0.382 e. The molecule has 1 saturated carbocycles. The zero-order valence-electron chi connectivity index (χ0n) is 25.1. The number of nitrogens with zero attached hydrogens (tertiary/aromatic N) is 4. The third-order valence-electron chi connectivity index (χ3n) is 8.18. The lowest BCUT2D eigenvalue weighted by Gasteiger charge is -2.36. The predicted octanol–water partition coefficient (Wildman–Crippen LogP) is 7.63. The molecule has 1 saturated heterocycles. The van der Waals surface area contributed by atoms with Crippen molar-refractivity contribution in [2.24, 2.45) is 0 Å². The Bertz CT molecular complexity index is 1760. The van der Waals surface area contributed by atoms with Crippen LogP contribution in [-0.2, 0) is 12.4 Å². The number of rotatable bonds is 5. The summed E-state index contributed by atoms with van der Waals surface area (Å²) in [6, 6.07) is 13.3. The van der Waals surface area contributed by atoms with Crippen molar-refractivity contribution in [2.45, 2.75) is 50.5 Å². The highest BCUT2D eigenvalue weighted by atomic mass is 19.4. The van der Waals surface area contributed by atoms with Gasteiger partial charge in [0.25, 0.3) is 5.69 Å². The van der Waals surface area contributed by atoms with E-state index in [4.69, 9.17) is 0 Å². The molecule has 2 N–H and O–H groups in total. The number of piperazine rings is 1. The summed E-state index contributed by atoms with van der Waals surface area (Å²) in [6.45, 7) is 2.84. The topological polar surface area (TPSA) is 107 Å². The van der Waals surface area contributed by atoms with Gasteiger partial charge in [-0.15, -0.1) is 0 Å². The first-order valence-corrected chi connectivity index (χ1v) is 15.1. The zero-order chi connectivity index (χ0) is 33.8. The van der Waals surface area contributed by atoms with Crippen molar-refractivity contribution in [3.63, 3.8) is 0 Å². The SMILES string of the molecule is O=[N+]([O-])c1ccc(NC2CCCCC2)cc1C(F)(F)F.O=c1cc[nH]c(N2CCN(c3ccc4cc(C(F)(F)F)ccc4n3)CC2)c1. The third kappa shape index (κ3) is 8.51. The number of nitrogens with one attached hydrogen (secondary N) is 2. The van der Waals surface area contributed by atoms with E-state index >= 15 is 0 Å². The minimum atomic E-state index is -4.73. The molecule has 1 aliphatic heterocycles. The van der Waals surface area contributed by atoms with Crippen molar-refractivity contribution < 1.29 is 31.3 Å². The van der Waals surface area contributed by atoms with E-state index in [-0.39, 0.29) is 17.2 Å². The molecule has 250 valence electrons. The zero-order valence-corrected chi connectivity index (χ0v) is 25.1.